The van der Waals surface area contributed by atoms with Crippen LogP contribution >= 0.6 is 11.6 Å². The minimum Gasteiger partial charge on any atom is -0.497 e. The summed E-state index contributed by atoms with van der Waals surface area (Å²) in [6.45, 7) is 2.30. The van der Waals surface area contributed by atoms with Gasteiger partial charge in [-0.05, 0) is 60.5 Å². The van der Waals surface area contributed by atoms with Crippen molar-refractivity contribution in [1.82, 2.24) is 9.62 Å². The summed E-state index contributed by atoms with van der Waals surface area (Å²) in [5.74, 6) is 0.556. The fourth-order valence-corrected chi connectivity index (χ4v) is 5.41. The first-order valence-corrected chi connectivity index (χ1v) is 13.2. The highest BCUT2D eigenvalue weighted by atomic mass is 35.5. The van der Waals surface area contributed by atoms with Crippen molar-refractivity contribution >= 4 is 33.2 Å². The van der Waals surface area contributed by atoms with Gasteiger partial charge in [0.25, 0.3) is 0 Å². The van der Waals surface area contributed by atoms with E-state index in [0.717, 1.165) is 17.0 Å². The number of piperazine rings is 1. The summed E-state index contributed by atoms with van der Waals surface area (Å²) in [7, 11) is -2.29. The normalized spacial score (nSPS) is 15.0. The van der Waals surface area contributed by atoms with E-state index in [-0.39, 0.29) is 17.2 Å². The SMILES string of the molecule is COc1ccc(N2CCN(C(=O)[C@H](Cc3ccccc3)NS(=O)(=O)c3ccc(Cl)cc3)CC2)cc1. The van der Waals surface area contributed by atoms with Crippen molar-refractivity contribution in [1.29, 1.82) is 0 Å². The van der Waals surface area contributed by atoms with Crippen molar-refractivity contribution in [2.75, 3.05) is 38.2 Å². The number of sulfonamides is 1. The molecule has 3 aromatic rings. The van der Waals surface area contributed by atoms with Gasteiger partial charge in [-0.2, -0.15) is 4.72 Å². The predicted octanol–water partition coefficient (Wildman–Crippen LogP) is 3.59. The molecule has 1 N–H and O–H groups in total. The molecule has 0 aliphatic carbocycles. The number of hydrogen-bond donors (Lipinski definition) is 1. The van der Waals surface area contributed by atoms with Gasteiger partial charge in [0.2, 0.25) is 15.9 Å². The number of benzene rings is 3. The Bertz CT molecular complexity index is 1230. The predicted molar refractivity (Wildman–Crippen MR) is 137 cm³/mol. The van der Waals surface area contributed by atoms with E-state index in [2.05, 4.69) is 9.62 Å². The lowest BCUT2D eigenvalue weighted by Crippen LogP contribution is -2.55. The molecule has 35 heavy (non-hydrogen) atoms. The molecule has 1 saturated heterocycles. The second-order valence-electron chi connectivity index (χ2n) is 8.33. The highest BCUT2D eigenvalue weighted by molar-refractivity contribution is 7.89. The Balaban J connectivity index is 1.48. The summed E-state index contributed by atoms with van der Waals surface area (Å²) in [6, 6.07) is 22.2. The largest absolute Gasteiger partial charge is 0.497 e. The van der Waals surface area contributed by atoms with Crippen molar-refractivity contribution in [3.05, 3.63) is 89.4 Å². The third-order valence-electron chi connectivity index (χ3n) is 6.03. The van der Waals surface area contributed by atoms with Gasteiger partial charge in [0.05, 0.1) is 12.0 Å². The summed E-state index contributed by atoms with van der Waals surface area (Å²) >= 11 is 5.91. The third-order valence-corrected chi connectivity index (χ3v) is 7.77. The highest BCUT2D eigenvalue weighted by Gasteiger charge is 2.31. The number of hydrogen-bond acceptors (Lipinski definition) is 5. The van der Waals surface area contributed by atoms with Gasteiger partial charge in [-0.15, -0.1) is 0 Å². The second-order valence-corrected chi connectivity index (χ2v) is 10.5. The van der Waals surface area contributed by atoms with Crippen molar-refractivity contribution in [3.8, 4) is 5.75 Å². The molecule has 184 valence electrons. The molecule has 1 amide bonds. The topological polar surface area (TPSA) is 79.0 Å². The smallest absolute Gasteiger partial charge is 0.241 e. The van der Waals surface area contributed by atoms with Gasteiger partial charge in [-0.25, -0.2) is 8.42 Å². The Labute approximate surface area is 211 Å². The van der Waals surface area contributed by atoms with E-state index < -0.39 is 16.1 Å². The lowest BCUT2D eigenvalue weighted by molar-refractivity contribution is -0.133. The molecule has 1 aliphatic heterocycles. The number of amides is 1. The number of rotatable bonds is 8. The molecule has 0 spiro atoms. The molecule has 1 aliphatic rings. The van der Waals surface area contributed by atoms with Crippen LogP contribution in [0, 0.1) is 0 Å². The number of anilines is 1. The van der Waals surface area contributed by atoms with Crippen molar-refractivity contribution < 1.29 is 17.9 Å². The maximum absolute atomic E-state index is 13.5. The van der Waals surface area contributed by atoms with Crippen LogP contribution in [0.4, 0.5) is 5.69 Å². The van der Waals surface area contributed by atoms with Crippen molar-refractivity contribution in [3.63, 3.8) is 0 Å². The average Bonchev–Trinajstić information content (AvgIpc) is 2.89. The lowest BCUT2D eigenvalue weighted by atomic mass is 10.1. The Kier molecular flexibility index (Phi) is 7.95. The van der Waals surface area contributed by atoms with Crippen LogP contribution < -0.4 is 14.4 Å². The molecule has 0 unspecified atom stereocenters. The summed E-state index contributed by atoms with van der Waals surface area (Å²) in [5.41, 5.74) is 1.93. The Morgan fingerprint density at radius 3 is 2.17 bits per heavy atom. The third kappa shape index (κ3) is 6.33. The van der Waals surface area contributed by atoms with Gasteiger partial charge < -0.3 is 14.5 Å². The first kappa shape index (κ1) is 25.0. The lowest BCUT2D eigenvalue weighted by Gasteiger charge is -2.37. The zero-order chi connectivity index (χ0) is 24.8. The molecule has 7 nitrogen and oxygen atoms in total. The van der Waals surface area contributed by atoms with Gasteiger partial charge in [0.15, 0.2) is 0 Å². The summed E-state index contributed by atoms with van der Waals surface area (Å²) < 4.78 is 34.0. The Morgan fingerprint density at radius 2 is 1.57 bits per heavy atom. The van der Waals surface area contributed by atoms with Crippen LogP contribution in [0.3, 0.4) is 0 Å². The van der Waals surface area contributed by atoms with E-state index in [1.54, 1.807) is 12.0 Å². The number of ether oxygens (including phenoxy) is 1. The van der Waals surface area contributed by atoms with Gasteiger partial charge in [-0.3, -0.25) is 4.79 Å². The van der Waals surface area contributed by atoms with Gasteiger partial charge in [0, 0.05) is 36.9 Å². The van der Waals surface area contributed by atoms with Crippen molar-refractivity contribution in [2.24, 2.45) is 0 Å². The zero-order valence-electron chi connectivity index (χ0n) is 19.4. The van der Waals surface area contributed by atoms with E-state index in [9.17, 15) is 13.2 Å². The summed E-state index contributed by atoms with van der Waals surface area (Å²) in [4.78, 5) is 17.5. The number of halogens is 1. The maximum atomic E-state index is 13.5. The maximum Gasteiger partial charge on any atom is 0.241 e. The summed E-state index contributed by atoms with van der Waals surface area (Å²) in [6.07, 6.45) is 0.255. The Hall–Kier alpha value is -3.07. The van der Waals surface area contributed by atoms with Crippen LogP contribution in [0.15, 0.2) is 83.8 Å². The van der Waals surface area contributed by atoms with Gasteiger partial charge in [-0.1, -0.05) is 41.9 Å². The van der Waals surface area contributed by atoms with Crippen LogP contribution in [-0.2, 0) is 21.2 Å². The number of nitrogens with one attached hydrogen (secondary N) is 1. The standard InChI is InChI=1S/C26H28ClN3O4S/c1-34-23-11-9-22(10-12-23)29-15-17-30(18-16-29)26(31)25(19-20-5-3-2-4-6-20)28-35(32,33)24-13-7-21(27)8-14-24/h2-14,25,28H,15-19H2,1H3/t25-/m0/s1. The van der Waals surface area contributed by atoms with Crippen LogP contribution in [0.5, 0.6) is 5.75 Å². The zero-order valence-corrected chi connectivity index (χ0v) is 21.0. The highest BCUT2D eigenvalue weighted by Crippen LogP contribution is 2.21. The molecule has 1 atom stereocenters. The Morgan fingerprint density at radius 1 is 0.943 bits per heavy atom. The first-order chi connectivity index (χ1) is 16.9. The molecular weight excluding hydrogens is 486 g/mol. The molecule has 4 rings (SSSR count). The minimum atomic E-state index is -3.92. The molecular formula is C26H28ClN3O4S. The monoisotopic (exact) mass is 513 g/mol. The minimum absolute atomic E-state index is 0.0667. The second kappa shape index (κ2) is 11.1. The molecule has 0 bridgehead atoms. The van der Waals surface area contributed by atoms with Gasteiger partial charge >= 0.3 is 0 Å². The van der Waals surface area contributed by atoms with E-state index >= 15 is 0 Å². The number of carbonyl (C=O) groups is 1. The molecule has 0 aromatic heterocycles. The van der Waals surface area contributed by atoms with Crippen LogP contribution in [0.25, 0.3) is 0 Å². The molecule has 1 heterocycles. The average molecular weight is 514 g/mol. The number of nitrogens with zero attached hydrogens (tertiary/aromatic N) is 2. The molecule has 1 fully saturated rings. The van der Waals surface area contributed by atoms with E-state index in [4.69, 9.17) is 16.3 Å². The number of carbonyl (C=O) groups excluding carboxylic acids is 1. The van der Waals surface area contributed by atoms with Crippen molar-refractivity contribution in [2.45, 2.75) is 17.4 Å². The fraction of sp³-hybridized carbons (Fsp3) is 0.269. The quantitative estimate of drug-likeness (QED) is 0.498. The van der Waals surface area contributed by atoms with E-state index in [1.807, 2.05) is 54.6 Å². The first-order valence-electron chi connectivity index (χ1n) is 11.4. The van der Waals surface area contributed by atoms with Crippen LogP contribution in [0.1, 0.15) is 5.56 Å². The van der Waals surface area contributed by atoms with Crippen LogP contribution in [0.2, 0.25) is 5.02 Å². The molecule has 9 heteroatoms. The van der Waals surface area contributed by atoms with Crippen LogP contribution in [-0.4, -0.2) is 58.6 Å². The summed E-state index contributed by atoms with van der Waals surface area (Å²) in [5, 5.41) is 0.440. The van der Waals surface area contributed by atoms with E-state index in [0.29, 0.717) is 31.2 Å². The molecule has 0 saturated carbocycles. The molecule has 0 radical (unpaired) electrons. The van der Waals surface area contributed by atoms with Gasteiger partial charge in [0.1, 0.15) is 11.8 Å². The fourth-order valence-electron chi connectivity index (χ4n) is 4.10. The van der Waals surface area contributed by atoms with E-state index in [1.165, 1.54) is 24.3 Å². The molecule has 3 aromatic carbocycles. The number of methoxy groups -OCH3 is 1.